The summed E-state index contributed by atoms with van der Waals surface area (Å²) in [7, 11) is 5.24. The summed E-state index contributed by atoms with van der Waals surface area (Å²) in [5.74, 6) is 0.147. The van der Waals surface area contributed by atoms with Gasteiger partial charge in [0.05, 0.1) is 12.1 Å². The van der Waals surface area contributed by atoms with E-state index in [9.17, 15) is 14.4 Å². The molecule has 33 heavy (non-hydrogen) atoms. The van der Waals surface area contributed by atoms with E-state index in [0.717, 1.165) is 5.56 Å². The number of nitrogen functional groups attached to an aromatic ring is 1. The first-order valence-electron chi connectivity index (χ1n) is 10.4. The van der Waals surface area contributed by atoms with Crippen LogP contribution in [0.4, 0.5) is 17.3 Å². The Balaban J connectivity index is 2.06. The summed E-state index contributed by atoms with van der Waals surface area (Å²) in [5, 5.41) is 0. The quantitative estimate of drug-likeness (QED) is 0.469. The van der Waals surface area contributed by atoms with E-state index in [1.54, 1.807) is 19.2 Å². The van der Waals surface area contributed by atoms with Crippen molar-refractivity contribution in [2.45, 2.75) is 13.0 Å². The molecule has 0 aliphatic carbocycles. The molecule has 0 aliphatic rings. The van der Waals surface area contributed by atoms with Crippen molar-refractivity contribution in [1.82, 2.24) is 14.5 Å². The molecule has 0 saturated carbocycles. The molecular weight excluding hydrogens is 424 g/mol. The Morgan fingerprint density at radius 2 is 1.88 bits per heavy atom. The first kappa shape index (κ1) is 23.7. The monoisotopic (exact) mass is 452 g/mol. The van der Waals surface area contributed by atoms with Crippen LogP contribution in [0.2, 0.25) is 0 Å². The highest BCUT2D eigenvalue weighted by molar-refractivity contribution is 6.07. The summed E-state index contributed by atoms with van der Waals surface area (Å²) < 4.78 is 6.36. The zero-order valence-electron chi connectivity index (χ0n) is 18.9. The van der Waals surface area contributed by atoms with E-state index in [4.69, 9.17) is 10.5 Å². The molecule has 3 rings (SSSR count). The zero-order valence-corrected chi connectivity index (χ0v) is 18.9. The molecular formula is C23H28N6O4. The van der Waals surface area contributed by atoms with Crippen molar-refractivity contribution >= 4 is 23.2 Å². The van der Waals surface area contributed by atoms with Gasteiger partial charge in [0, 0.05) is 40.6 Å². The molecule has 2 heterocycles. The number of benzene rings is 1. The van der Waals surface area contributed by atoms with E-state index in [2.05, 4.69) is 9.97 Å². The van der Waals surface area contributed by atoms with Gasteiger partial charge in [-0.1, -0.05) is 30.3 Å². The maximum Gasteiger partial charge on any atom is 0.330 e. The average molecular weight is 453 g/mol. The third kappa shape index (κ3) is 5.47. The number of aromatic amines is 1. The highest BCUT2D eigenvalue weighted by Crippen LogP contribution is 2.21. The van der Waals surface area contributed by atoms with Gasteiger partial charge in [0.25, 0.3) is 11.5 Å². The molecule has 0 fully saturated rings. The van der Waals surface area contributed by atoms with Crippen molar-refractivity contribution in [3.8, 4) is 0 Å². The number of ether oxygens (including phenoxy) is 1. The number of nitrogens with one attached hydrogen (secondary N) is 1. The fourth-order valence-electron chi connectivity index (χ4n) is 3.38. The summed E-state index contributed by atoms with van der Waals surface area (Å²) in [6, 6.07) is 12.6. The van der Waals surface area contributed by atoms with Gasteiger partial charge in [-0.05, 0) is 24.1 Å². The fourth-order valence-corrected chi connectivity index (χ4v) is 3.38. The zero-order chi connectivity index (χ0) is 24.0. The second-order valence-electron chi connectivity index (χ2n) is 7.67. The molecule has 1 aromatic carbocycles. The van der Waals surface area contributed by atoms with E-state index < -0.39 is 17.2 Å². The van der Waals surface area contributed by atoms with Crippen LogP contribution in [-0.2, 0) is 11.3 Å². The average Bonchev–Trinajstić information content (AvgIpc) is 2.81. The number of aromatic nitrogens is 3. The Labute approximate surface area is 191 Å². The van der Waals surface area contributed by atoms with Crippen molar-refractivity contribution in [3.63, 3.8) is 0 Å². The van der Waals surface area contributed by atoms with Crippen LogP contribution in [0.25, 0.3) is 0 Å². The molecule has 2 aromatic heterocycles. The molecule has 0 radical (unpaired) electrons. The molecule has 3 aromatic rings. The first-order valence-corrected chi connectivity index (χ1v) is 10.4. The number of amides is 1. The Morgan fingerprint density at radius 3 is 2.48 bits per heavy atom. The standard InChI is InChI=1S/C23H28N6O4/c1-27(2)18-11-10-17(14-25-18)22(31)28(12-7-13-33-3)19-20(24)29(23(32)26-21(19)30)15-16-8-5-4-6-9-16/h4-6,8-11,14H,7,12-13,15,24H2,1-3H3,(H,26,30,32). The highest BCUT2D eigenvalue weighted by atomic mass is 16.5. The third-order valence-electron chi connectivity index (χ3n) is 5.10. The molecule has 0 spiro atoms. The number of pyridine rings is 1. The number of methoxy groups -OCH3 is 1. The number of H-pyrrole nitrogens is 1. The number of anilines is 3. The van der Waals surface area contributed by atoms with Crippen LogP contribution in [0, 0.1) is 0 Å². The lowest BCUT2D eigenvalue weighted by Gasteiger charge is -2.24. The summed E-state index contributed by atoms with van der Waals surface area (Å²) in [5.41, 5.74) is 5.97. The minimum atomic E-state index is -0.731. The van der Waals surface area contributed by atoms with Gasteiger partial charge in [-0.2, -0.15) is 0 Å². The molecule has 0 bridgehead atoms. The van der Waals surface area contributed by atoms with Crippen LogP contribution in [-0.4, -0.2) is 54.8 Å². The van der Waals surface area contributed by atoms with Crippen molar-refractivity contribution in [1.29, 1.82) is 0 Å². The number of rotatable bonds is 9. The van der Waals surface area contributed by atoms with E-state index in [1.807, 2.05) is 49.3 Å². The van der Waals surface area contributed by atoms with Crippen LogP contribution >= 0.6 is 0 Å². The lowest BCUT2D eigenvalue weighted by atomic mass is 10.2. The Morgan fingerprint density at radius 1 is 1.15 bits per heavy atom. The van der Waals surface area contributed by atoms with Gasteiger partial charge in [0.15, 0.2) is 5.69 Å². The molecule has 0 aliphatic heterocycles. The fraction of sp³-hybridized carbons (Fsp3) is 0.304. The molecule has 0 atom stereocenters. The van der Waals surface area contributed by atoms with E-state index in [1.165, 1.54) is 15.7 Å². The van der Waals surface area contributed by atoms with Crippen molar-refractivity contribution in [2.75, 3.05) is 49.9 Å². The topological polar surface area (TPSA) is 127 Å². The molecule has 0 unspecified atom stereocenters. The van der Waals surface area contributed by atoms with Crippen LogP contribution < -0.4 is 26.8 Å². The second-order valence-corrected chi connectivity index (χ2v) is 7.67. The molecule has 10 nitrogen and oxygen atoms in total. The van der Waals surface area contributed by atoms with Crippen molar-refractivity contribution < 1.29 is 9.53 Å². The third-order valence-corrected chi connectivity index (χ3v) is 5.10. The van der Waals surface area contributed by atoms with Gasteiger partial charge >= 0.3 is 5.69 Å². The highest BCUT2D eigenvalue weighted by Gasteiger charge is 2.25. The Bertz CT molecular complexity index is 1200. The maximum atomic E-state index is 13.4. The van der Waals surface area contributed by atoms with Crippen LogP contribution in [0.1, 0.15) is 22.3 Å². The first-order chi connectivity index (χ1) is 15.8. The lowest BCUT2D eigenvalue weighted by Crippen LogP contribution is -2.42. The number of hydrogen-bond acceptors (Lipinski definition) is 7. The smallest absolute Gasteiger partial charge is 0.330 e. The predicted molar refractivity (Wildman–Crippen MR) is 128 cm³/mol. The van der Waals surface area contributed by atoms with Crippen LogP contribution in [0.3, 0.4) is 0 Å². The SMILES string of the molecule is COCCCN(C(=O)c1ccc(N(C)C)nc1)c1c(N)n(Cc2ccccc2)c(=O)[nH]c1=O. The number of nitrogens with zero attached hydrogens (tertiary/aromatic N) is 4. The van der Waals surface area contributed by atoms with E-state index in [-0.39, 0.29) is 30.2 Å². The summed E-state index contributed by atoms with van der Waals surface area (Å²) >= 11 is 0. The lowest BCUT2D eigenvalue weighted by molar-refractivity contribution is 0.0983. The van der Waals surface area contributed by atoms with Gasteiger partial charge in [-0.15, -0.1) is 0 Å². The minimum absolute atomic E-state index is 0.0803. The molecule has 0 saturated heterocycles. The van der Waals surface area contributed by atoms with Gasteiger partial charge in [0.2, 0.25) is 0 Å². The number of nitrogens with two attached hydrogens (primary N) is 1. The number of carbonyl (C=O) groups is 1. The molecule has 174 valence electrons. The Hall–Kier alpha value is -3.92. The van der Waals surface area contributed by atoms with E-state index in [0.29, 0.717) is 18.8 Å². The van der Waals surface area contributed by atoms with Crippen molar-refractivity contribution in [3.05, 3.63) is 80.6 Å². The van der Waals surface area contributed by atoms with Gasteiger partial charge in [0.1, 0.15) is 11.6 Å². The number of hydrogen-bond donors (Lipinski definition) is 2. The van der Waals surface area contributed by atoms with Crippen molar-refractivity contribution in [2.24, 2.45) is 0 Å². The normalized spacial score (nSPS) is 10.8. The van der Waals surface area contributed by atoms with Gasteiger partial charge in [-0.25, -0.2) is 9.78 Å². The largest absolute Gasteiger partial charge is 0.385 e. The molecule has 3 N–H and O–H groups in total. The van der Waals surface area contributed by atoms with Gasteiger partial charge < -0.3 is 20.3 Å². The summed E-state index contributed by atoms with van der Waals surface area (Å²) in [6.45, 7) is 0.691. The molecule has 1 amide bonds. The van der Waals surface area contributed by atoms with Crippen LogP contribution in [0.5, 0.6) is 0 Å². The number of carbonyl (C=O) groups excluding carboxylic acids is 1. The predicted octanol–water partition coefficient (Wildman–Crippen LogP) is 1.31. The van der Waals surface area contributed by atoms with E-state index >= 15 is 0 Å². The maximum absolute atomic E-state index is 13.4. The van der Waals surface area contributed by atoms with Gasteiger partial charge in [-0.3, -0.25) is 19.1 Å². The minimum Gasteiger partial charge on any atom is -0.385 e. The summed E-state index contributed by atoms with van der Waals surface area (Å²) in [4.78, 5) is 48.4. The molecule has 10 heteroatoms. The summed E-state index contributed by atoms with van der Waals surface area (Å²) in [6.07, 6.45) is 1.91. The van der Waals surface area contributed by atoms with Crippen LogP contribution in [0.15, 0.2) is 58.3 Å². The Kier molecular flexibility index (Phi) is 7.62. The second kappa shape index (κ2) is 10.6.